The zero-order valence-electron chi connectivity index (χ0n) is 6.51. The Hall–Kier alpha value is -0.353. The van der Waals surface area contributed by atoms with Crippen LogP contribution >= 0.6 is 0 Å². The van der Waals surface area contributed by atoms with Crippen LogP contribution in [0.15, 0.2) is 0 Å². The second kappa shape index (κ2) is 5.43. The number of carbonyl (C=O) groups is 1. The minimum atomic E-state index is -0.290. The van der Waals surface area contributed by atoms with Crippen LogP contribution in [0.3, 0.4) is 0 Å². The molecule has 0 N–H and O–H groups in total. The van der Waals surface area contributed by atoms with Crippen molar-refractivity contribution in [3.05, 3.63) is 0 Å². The van der Waals surface area contributed by atoms with Gasteiger partial charge in [-0.3, -0.25) is 4.79 Å². The Kier molecular flexibility index (Phi) is 5.24. The summed E-state index contributed by atoms with van der Waals surface area (Å²) in [6.45, 7) is 5.33. The lowest BCUT2D eigenvalue weighted by molar-refractivity contribution is -0.133. The molecule has 0 spiro atoms. The lowest BCUT2D eigenvalue weighted by atomic mass is 10.3. The molecule has 10 heavy (non-hydrogen) atoms. The van der Waals surface area contributed by atoms with Crippen LogP contribution in [0, 0.1) is 0 Å². The smallest absolute Gasteiger partial charge is 0.491 e. The molecule has 2 radical (unpaired) electrons. The normalized spacial score (nSPS) is 12.7. The molecule has 0 heterocycles. The van der Waals surface area contributed by atoms with E-state index in [-0.39, 0.29) is 22.1 Å². The van der Waals surface area contributed by atoms with Crippen molar-refractivity contribution in [2.24, 2.45) is 0 Å². The van der Waals surface area contributed by atoms with Gasteiger partial charge in [-0.2, -0.15) is 0 Å². The summed E-state index contributed by atoms with van der Waals surface area (Å²) in [6, 6.07) is 0. The maximum atomic E-state index is 10.2. The second-order valence-corrected chi connectivity index (χ2v) is 2.62. The molecule has 0 aliphatic heterocycles. The molecule has 1 atom stereocenters. The van der Waals surface area contributed by atoms with Crippen LogP contribution in [0.2, 0.25) is 0 Å². The lowest BCUT2D eigenvalue weighted by Crippen LogP contribution is -2.15. The van der Waals surface area contributed by atoms with Crippen LogP contribution in [0.1, 0.15) is 27.2 Å². The van der Waals surface area contributed by atoms with Crippen LogP contribution in [0.25, 0.3) is 0 Å². The SMILES string of the molecule is CCC(C)O[Si]OC(C)=O. The minimum absolute atomic E-state index is 0.150. The van der Waals surface area contributed by atoms with Gasteiger partial charge in [0.15, 0.2) is 0 Å². The number of hydrogen-bond donors (Lipinski definition) is 0. The maximum Gasteiger partial charge on any atom is 0.523 e. The van der Waals surface area contributed by atoms with Gasteiger partial charge in [-0.1, -0.05) is 6.92 Å². The fourth-order valence-corrected chi connectivity index (χ4v) is 0.745. The van der Waals surface area contributed by atoms with Crippen LogP contribution in [0.4, 0.5) is 0 Å². The van der Waals surface area contributed by atoms with E-state index in [0.29, 0.717) is 0 Å². The van der Waals surface area contributed by atoms with Crippen molar-refractivity contribution in [1.29, 1.82) is 0 Å². The predicted molar refractivity (Wildman–Crippen MR) is 38.4 cm³/mol. The molecule has 0 rings (SSSR count). The number of carbonyl (C=O) groups excluding carboxylic acids is 1. The zero-order valence-corrected chi connectivity index (χ0v) is 7.51. The first kappa shape index (κ1) is 9.65. The van der Waals surface area contributed by atoms with E-state index in [1.54, 1.807) is 0 Å². The van der Waals surface area contributed by atoms with Crippen molar-refractivity contribution < 1.29 is 13.6 Å². The Labute approximate surface area is 63.8 Å². The Balaban J connectivity index is 3.11. The first-order valence-corrected chi connectivity index (χ1v) is 4.06. The summed E-state index contributed by atoms with van der Waals surface area (Å²) < 4.78 is 9.67. The molecule has 0 saturated heterocycles. The third-order valence-electron chi connectivity index (χ3n) is 1.01. The second-order valence-electron chi connectivity index (χ2n) is 2.01. The highest BCUT2D eigenvalue weighted by Gasteiger charge is 2.02. The van der Waals surface area contributed by atoms with Gasteiger partial charge in [-0.05, 0) is 13.3 Å². The third-order valence-corrected chi connectivity index (χ3v) is 1.88. The zero-order chi connectivity index (χ0) is 7.98. The summed E-state index contributed by atoms with van der Waals surface area (Å²) in [5, 5.41) is 0. The van der Waals surface area contributed by atoms with Gasteiger partial charge in [-0.15, -0.1) is 0 Å². The molecule has 4 heteroatoms. The molecule has 0 amide bonds. The molecule has 58 valence electrons. The molecule has 0 aromatic rings. The third kappa shape index (κ3) is 5.78. The highest BCUT2D eigenvalue weighted by molar-refractivity contribution is 6.22. The molecule has 0 saturated carbocycles. The largest absolute Gasteiger partial charge is 0.523 e. The van der Waals surface area contributed by atoms with Gasteiger partial charge in [0, 0.05) is 13.0 Å². The van der Waals surface area contributed by atoms with E-state index in [9.17, 15) is 4.79 Å². The Morgan fingerprint density at radius 1 is 1.70 bits per heavy atom. The number of rotatable bonds is 4. The molecule has 3 nitrogen and oxygen atoms in total. The molecule has 0 aliphatic rings. The topological polar surface area (TPSA) is 35.5 Å². The Morgan fingerprint density at radius 3 is 2.70 bits per heavy atom. The lowest BCUT2D eigenvalue weighted by Gasteiger charge is -2.06. The summed E-state index contributed by atoms with van der Waals surface area (Å²) in [5.74, 6) is -0.290. The van der Waals surface area contributed by atoms with Crippen LogP contribution < -0.4 is 0 Å². The van der Waals surface area contributed by atoms with E-state index in [0.717, 1.165) is 6.42 Å². The Morgan fingerprint density at radius 2 is 2.30 bits per heavy atom. The van der Waals surface area contributed by atoms with E-state index < -0.39 is 0 Å². The standard InChI is InChI=1S/C6H12O3Si/c1-4-5(2)8-10-9-6(3)7/h5H,4H2,1-3H3. The highest BCUT2D eigenvalue weighted by atomic mass is 28.3. The van der Waals surface area contributed by atoms with Crippen LogP contribution in [-0.4, -0.2) is 22.1 Å². The maximum absolute atomic E-state index is 10.2. The monoisotopic (exact) mass is 160 g/mol. The molecule has 1 unspecified atom stereocenters. The minimum Gasteiger partial charge on any atom is -0.491 e. The van der Waals surface area contributed by atoms with E-state index in [4.69, 9.17) is 4.43 Å². The van der Waals surface area contributed by atoms with E-state index in [1.807, 2.05) is 13.8 Å². The van der Waals surface area contributed by atoms with E-state index in [1.165, 1.54) is 6.92 Å². The molecular formula is C6H12O3Si. The van der Waals surface area contributed by atoms with Gasteiger partial charge in [-0.25, -0.2) is 0 Å². The first-order chi connectivity index (χ1) is 4.66. The molecule has 0 aromatic carbocycles. The summed E-state index contributed by atoms with van der Waals surface area (Å²) in [6.07, 6.45) is 1.12. The molecular weight excluding hydrogens is 148 g/mol. The van der Waals surface area contributed by atoms with Crippen LogP contribution in [-0.2, 0) is 13.6 Å². The van der Waals surface area contributed by atoms with Crippen molar-refractivity contribution in [2.75, 3.05) is 0 Å². The van der Waals surface area contributed by atoms with Gasteiger partial charge in [0.1, 0.15) is 0 Å². The Bertz CT molecular complexity index is 105. The van der Waals surface area contributed by atoms with E-state index in [2.05, 4.69) is 4.43 Å². The van der Waals surface area contributed by atoms with Gasteiger partial charge >= 0.3 is 10.0 Å². The van der Waals surface area contributed by atoms with Crippen molar-refractivity contribution in [3.8, 4) is 0 Å². The van der Waals surface area contributed by atoms with Crippen molar-refractivity contribution in [1.82, 2.24) is 0 Å². The van der Waals surface area contributed by atoms with Gasteiger partial charge < -0.3 is 8.85 Å². The molecule has 0 aromatic heterocycles. The summed E-state index contributed by atoms with van der Waals surface area (Å²) >= 11 is 0. The average molecular weight is 160 g/mol. The fourth-order valence-electron chi connectivity index (χ4n) is 0.248. The van der Waals surface area contributed by atoms with Gasteiger partial charge in [0.05, 0.1) is 0 Å². The van der Waals surface area contributed by atoms with Gasteiger partial charge in [0.2, 0.25) is 0 Å². The summed E-state index contributed by atoms with van der Waals surface area (Å²) in [4.78, 5) is 10.2. The van der Waals surface area contributed by atoms with E-state index >= 15 is 0 Å². The quantitative estimate of drug-likeness (QED) is 0.573. The van der Waals surface area contributed by atoms with Crippen LogP contribution in [0.5, 0.6) is 0 Å². The van der Waals surface area contributed by atoms with Crippen molar-refractivity contribution >= 4 is 16.0 Å². The molecule has 0 fully saturated rings. The first-order valence-electron chi connectivity index (χ1n) is 3.24. The average Bonchev–Trinajstić information content (AvgIpc) is 1.87. The molecule has 0 bridgehead atoms. The summed E-state index contributed by atoms with van der Waals surface area (Å²) in [5.41, 5.74) is 0. The van der Waals surface area contributed by atoms with Crippen molar-refractivity contribution in [3.63, 3.8) is 0 Å². The van der Waals surface area contributed by atoms with Gasteiger partial charge in [0.25, 0.3) is 5.97 Å². The highest BCUT2D eigenvalue weighted by Crippen LogP contribution is 1.93. The number of hydrogen-bond acceptors (Lipinski definition) is 3. The van der Waals surface area contributed by atoms with Crippen molar-refractivity contribution in [2.45, 2.75) is 33.3 Å². The summed E-state index contributed by atoms with van der Waals surface area (Å²) in [7, 11) is -0.150. The fraction of sp³-hybridized carbons (Fsp3) is 0.833. The molecule has 0 aliphatic carbocycles. The predicted octanol–water partition coefficient (Wildman–Crippen LogP) is 0.899.